The van der Waals surface area contributed by atoms with Crippen molar-refractivity contribution < 1.29 is 33.8 Å². The normalized spacial score (nSPS) is 14.2. The number of hydrogen-bond acceptors (Lipinski definition) is 9. The Hall–Kier alpha value is -5.07. The third-order valence-corrected chi connectivity index (χ3v) is 10.9. The van der Waals surface area contributed by atoms with E-state index in [1.807, 2.05) is 6.07 Å². The van der Waals surface area contributed by atoms with Crippen molar-refractivity contribution in [1.82, 2.24) is 5.32 Å². The smallest absolute Gasteiger partial charge is 0.341 e. The quantitative estimate of drug-likeness (QED) is 0.0652. The van der Waals surface area contributed by atoms with Crippen LogP contribution in [0.15, 0.2) is 83.4 Å². The first-order chi connectivity index (χ1) is 24.9. The van der Waals surface area contributed by atoms with Crippen LogP contribution in [-0.4, -0.2) is 48.3 Å². The molecule has 0 spiro atoms. The highest BCUT2D eigenvalue weighted by molar-refractivity contribution is 8.00. The summed E-state index contributed by atoms with van der Waals surface area (Å²) in [6.45, 7) is 8.71. The number of esters is 1. The fourth-order valence-electron chi connectivity index (χ4n) is 5.92. The Kier molecular flexibility index (Phi) is 12.5. The Morgan fingerprint density at radius 2 is 1.77 bits per heavy atom. The number of ether oxygens (including phenoxy) is 2. The maximum absolute atomic E-state index is 13.6. The lowest BCUT2D eigenvalue weighted by molar-refractivity contribution is -0.114. The number of rotatable bonds is 12. The van der Waals surface area contributed by atoms with E-state index in [-0.39, 0.29) is 35.1 Å². The van der Waals surface area contributed by atoms with E-state index in [9.17, 15) is 24.3 Å². The van der Waals surface area contributed by atoms with Gasteiger partial charge in [0.2, 0.25) is 5.91 Å². The zero-order valence-electron chi connectivity index (χ0n) is 29.8. The second kappa shape index (κ2) is 17.0. The van der Waals surface area contributed by atoms with Gasteiger partial charge >= 0.3 is 5.97 Å². The van der Waals surface area contributed by atoms with Crippen LogP contribution in [0.2, 0.25) is 0 Å². The number of fused-ring (bicyclic) bond motifs is 1. The summed E-state index contributed by atoms with van der Waals surface area (Å²) in [4.78, 5) is 54.8. The number of carbonyl (C=O) groups excluding carboxylic acids is 4. The largest absolute Gasteiger partial charge is 0.508 e. The summed E-state index contributed by atoms with van der Waals surface area (Å²) in [5.74, 6) is -0.941. The molecule has 1 atom stereocenters. The maximum Gasteiger partial charge on any atom is 0.341 e. The number of phenols is 1. The van der Waals surface area contributed by atoms with Gasteiger partial charge in [0.25, 0.3) is 11.8 Å². The molecular formula is C40H43N3O7S2. The standard InChI is InChI=1S/C40H43N3O7S2/c1-6-50-39(48)35-30-18-16-26(40(2,3)4)20-33(30)52-38(35)43-34(45)23-51-29-14-10-13-27(21-29)41-37(47)31(42-36(46)24-11-8-7-9-12-24)19-25-15-17-28(44)22-32(25)49-5/h7-15,17,19,21-22,26,44H,6,16,18,20,23H2,1-5H3,(H,41,47)(H,42,46)(H,43,45)/b31-19+. The molecule has 52 heavy (non-hydrogen) atoms. The molecular weight excluding hydrogens is 699 g/mol. The van der Waals surface area contributed by atoms with Crippen molar-refractivity contribution in [1.29, 1.82) is 0 Å². The number of aromatic hydroxyl groups is 1. The molecule has 0 saturated heterocycles. The Labute approximate surface area is 312 Å². The minimum atomic E-state index is -0.596. The second-order valence-corrected chi connectivity index (χ2v) is 15.5. The van der Waals surface area contributed by atoms with E-state index in [0.717, 1.165) is 34.6 Å². The summed E-state index contributed by atoms with van der Waals surface area (Å²) in [6, 6.07) is 19.9. The van der Waals surface area contributed by atoms with E-state index in [1.54, 1.807) is 61.5 Å². The van der Waals surface area contributed by atoms with Crippen LogP contribution < -0.4 is 20.7 Å². The Morgan fingerprint density at radius 1 is 1.00 bits per heavy atom. The van der Waals surface area contributed by atoms with E-state index in [1.165, 1.54) is 48.4 Å². The Balaban J connectivity index is 1.29. The summed E-state index contributed by atoms with van der Waals surface area (Å²) in [7, 11) is 1.44. The molecule has 1 aromatic heterocycles. The highest BCUT2D eigenvalue weighted by atomic mass is 32.2. The number of phenolic OH excluding ortho intramolecular Hbond substituents is 1. The molecule has 3 aromatic carbocycles. The van der Waals surface area contributed by atoms with Crippen molar-refractivity contribution in [2.75, 3.05) is 30.1 Å². The van der Waals surface area contributed by atoms with Gasteiger partial charge in [-0.25, -0.2) is 4.79 Å². The zero-order valence-corrected chi connectivity index (χ0v) is 31.5. The molecule has 3 amide bonds. The van der Waals surface area contributed by atoms with E-state index in [0.29, 0.717) is 39.0 Å². The van der Waals surface area contributed by atoms with Gasteiger partial charge in [0.1, 0.15) is 22.2 Å². The van der Waals surface area contributed by atoms with Crippen LogP contribution >= 0.6 is 23.1 Å². The maximum atomic E-state index is 13.6. The molecule has 4 aromatic rings. The predicted octanol–water partition coefficient (Wildman–Crippen LogP) is 7.93. The van der Waals surface area contributed by atoms with E-state index in [4.69, 9.17) is 9.47 Å². The van der Waals surface area contributed by atoms with Crippen molar-refractivity contribution in [2.45, 2.75) is 51.9 Å². The van der Waals surface area contributed by atoms with Gasteiger partial charge < -0.3 is 30.5 Å². The van der Waals surface area contributed by atoms with Crippen LogP contribution in [0.3, 0.4) is 0 Å². The van der Waals surface area contributed by atoms with Gasteiger partial charge in [0, 0.05) is 32.7 Å². The first-order valence-corrected chi connectivity index (χ1v) is 18.8. The number of benzene rings is 3. The number of anilines is 2. The van der Waals surface area contributed by atoms with Crippen LogP contribution in [0.1, 0.15) is 70.8 Å². The first-order valence-electron chi connectivity index (χ1n) is 17.0. The lowest BCUT2D eigenvalue weighted by Gasteiger charge is -2.33. The van der Waals surface area contributed by atoms with E-state index >= 15 is 0 Å². The number of thioether (sulfide) groups is 1. The van der Waals surface area contributed by atoms with E-state index in [2.05, 4.69) is 36.7 Å². The molecule has 4 N–H and O–H groups in total. The summed E-state index contributed by atoms with van der Waals surface area (Å²) in [5.41, 5.74) is 2.78. The van der Waals surface area contributed by atoms with Gasteiger partial charge in [-0.1, -0.05) is 45.0 Å². The average molecular weight is 742 g/mol. The Morgan fingerprint density at radius 3 is 2.48 bits per heavy atom. The second-order valence-electron chi connectivity index (χ2n) is 13.4. The Bertz CT molecular complexity index is 1980. The molecule has 0 radical (unpaired) electrons. The fourth-order valence-corrected chi connectivity index (χ4v) is 8.01. The van der Waals surface area contributed by atoms with Crippen LogP contribution in [0.25, 0.3) is 6.08 Å². The summed E-state index contributed by atoms with van der Waals surface area (Å²) >= 11 is 2.74. The minimum Gasteiger partial charge on any atom is -0.508 e. The molecule has 1 aliphatic carbocycles. The number of methoxy groups -OCH3 is 1. The molecule has 1 aliphatic rings. The van der Waals surface area contributed by atoms with Crippen molar-refractivity contribution >= 4 is 63.6 Å². The molecule has 1 unspecified atom stereocenters. The molecule has 0 aliphatic heterocycles. The third kappa shape index (κ3) is 9.62. The summed E-state index contributed by atoms with van der Waals surface area (Å²) in [6.07, 6.45) is 4.06. The first kappa shape index (κ1) is 38.2. The van der Waals surface area contributed by atoms with Crippen molar-refractivity contribution in [2.24, 2.45) is 11.3 Å². The molecule has 0 saturated carbocycles. The molecule has 5 rings (SSSR count). The monoisotopic (exact) mass is 741 g/mol. The van der Waals surface area contributed by atoms with Crippen LogP contribution in [0.4, 0.5) is 10.7 Å². The van der Waals surface area contributed by atoms with Crippen LogP contribution in [0.5, 0.6) is 11.5 Å². The molecule has 12 heteroatoms. The van der Waals surface area contributed by atoms with Crippen molar-refractivity contribution in [3.63, 3.8) is 0 Å². The van der Waals surface area contributed by atoms with Gasteiger partial charge in [0.05, 0.1) is 25.0 Å². The third-order valence-electron chi connectivity index (χ3n) is 8.73. The summed E-state index contributed by atoms with van der Waals surface area (Å²) < 4.78 is 10.8. The lowest BCUT2D eigenvalue weighted by Crippen LogP contribution is -2.30. The number of carbonyl (C=O) groups is 4. The van der Waals surface area contributed by atoms with Crippen molar-refractivity contribution in [3.05, 3.63) is 106 Å². The SMILES string of the molecule is CCOC(=O)c1c(NC(=O)CSc2cccc(NC(=O)/C(=C\c3ccc(O)cc3OC)NC(=O)c3ccccc3)c2)sc2c1CCC(C(C)(C)C)C2. The molecule has 0 bridgehead atoms. The number of hydrogen-bond donors (Lipinski definition) is 4. The zero-order chi connectivity index (χ0) is 37.4. The molecule has 272 valence electrons. The minimum absolute atomic E-state index is 0.0143. The highest BCUT2D eigenvalue weighted by Crippen LogP contribution is 2.44. The number of nitrogens with one attached hydrogen (secondary N) is 3. The van der Waals surface area contributed by atoms with Gasteiger partial charge in [-0.15, -0.1) is 23.1 Å². The van der Waals surface area contributed by atoms with Gasteiger partial charge in [-0.05, 0) is 91.6 Å². The van der Waals surface area contributed by atoms with Gasteiger partial charge in [-0.3, -0.25) is 14.4 Å². The molecule has 10 nitrogen and oxygen atoms in total. The molecule has 1 heterocycles. The van der Waals surface area contributed by atoms with Gasteiger partial charge in [-0.2, -0.15) is 0 Å². The van der Waals surface area contributed by atoms with Crippen LogP contribution in [0, 0.1) is 11.3 Å². The number of amides is 3. The molecule has 0 fully saturated rings. The van der Waals surface area contributed by atoms with E-state index < -0.39 is 17.8 Å². The lowest BCUT2D eigenvalue weighted by atomic mass is 9.72. The fraction of sp³-hybridized carbons (Fsp3) is 0.300. The predicted molar refractivity (Wildman–Crippen MR) is 206 cm³/mol. The topological polar surface area (TPSA) is 143 Å². The average Bonchev–Trinajstić information content (AvgIpc) is 3.48. The van der Waals surface area contributed by atoms with Gasteiger partial charge in [0.15, 0.2) is 0 Å². The summed E-state index contributed by atoms with van der Waals surface area (Å²) in [5, 5.41) is 18.9. The highest BCUT2D eigenvalue weighted by Gasteiger charge is 2.34. The number of thiophene rings is 1. The van der Waals surface area contributed by atoms with Crippen molar-refractivity contribution in [3.8, 4) is 11.5 Å². The van der Waals surface area contributed by atoms with Crippen LogP contribution in [-0.2, 0) is 27.2 Å².